The van der Waals surface area contributed by atoms with Crippen LogP contribution in [0.2, 0.25) is 0 Å². The molecule has 2 aromatic heterocycles. The Morgan fingerprint density at radius 2 is 1.73 bits per heavy atom. The number of fused-ring (bicyclic) bond motifs is 1. The van der Waals surface area contributed by atoms with Crippen LogP contribution in [0.5, 0.6) is 0 Å². The Balaban J connectivity index is 1.46. The lowest BCUT2D eigenvalue weighted by Gasteiger charge is -2.24. The van der Waals surface area contributed by atoms with Gasteiger partial charge in [-0.3, -0.25) is 0 Å². The van der Waals surface area contributed by atoms with Gasteiger partial charge in [0.15, 0.2) is 12.0 Å². The van der Waals surface area contributed by atoms with Crippen molar-refractivity contribution in [2.24, 2.45) is 0 Å². The summed E-state index contributed by atoms with van der Waals surface area (Å²) in [5.74, 6) is 1.55. The average Bonchev–Trinajstić information content (AvgIpc) is 3.42. The Kier molecular flexibility index (Phi) is 5.24. The van der Waals surface area contributed by atoms with E-state index < -0.39 is 11.7 Å². The lowest BCUT2D eigenvalue weighted by molar-refractivity contribution is -0.137. The molecule has 1 unspecified atom stereocenters. The standard InChI is InChI=1S/C24H21F3N6/c1-2-33-20-14-17(16-4-7-18(8-5-16)24(25,26)27)6-9-19(20)31-21(33)15-32-13-12-30-23(32)22-28-10-3-11-29-22/h3-14,23,30H,2,15H2,1H3. The first kappa shape index (κ1) is 21.0. The summed E-state index contributed by atoms with van der Waals surface area (Å²) in [5.41, 5.74) is 2.69. The van der Waals surface area contributed by atoms with Crippen molar-refractivity contribution in [2.45, 2.75) is 32.4 Å². The average molecular weight is 450 g/mol. The van der Waals surface area contributed by atoms with Gasteiger partial charge in [0.25, 0.3) is 0 Å². The summed E-state index contributed by atoms with van der Waals surface area (Å²) < 4.78 is 40.8. The number of benzene rings is 2. The maximum absolute atomic E-state index is 12.9. The molecule has 0 radical (unpaired) electrons. The second-order valence-corrected chi connectivity index (χ2v) is 7.72. The van der Waals surface area contributed by atoms with E-state index in [1.807, 2.05) is 37.5 Å². The van der Waals surface area contributed by atoms with E-state index in [9.17, 15) is 13.2 Å². The lowest BCUT2D eigenvalue weighted by atomic mass is 10.0. The Morgan fingerprint density at radius 1 is 1.00 bits per heavy atom. The molecule has 5 rings (SSSR count). The Labute approximate surface area is 188 Å². The van der Waals surface area contributed by atoms with Crippen molar-refractivity contribution in [1.29, 1.82) is 0 Å². The summed E-state index contributed by atoms with van der Waals surface area (Å²) in [6, 6.07) is 12.8. The summed E-state index contributed by atoms with van der Waals surface area (Å²) in [4.78, 5) is 15.6. The fourth-order valence-corrected chi connectivity index (χ4v) is 4.07. The molecule has 1 atom stereocenters. The first-order valence-corrected chi connectivity index (χ1v) is 10.6. The third-order valence-corrected chi connectivity index (χ3v) is 5.70. The van der Waals surface area contributed by atoms with Crippen molar-refractivity contribution in [3.63, 3.8) is 0 Å². The topological polar surface area (TPSA) is 58.9 Å². The highest BCUT2D eigenvalue weighted by Crippen LogP contribution is 2.32. The van der Waals surface area contributed by atoms with Crippen molar-refractivity contribution in [3.8, 4) is 11.1 Å². The zero-order valence-electron chi connectivity index (χ0n) is 17.8. The van der Waals surface area contributed by atoms with E-state index >= 15 is 0 Å². The molecule has 1 aliphatic heterocycles. The first-order chi connectivity index (χ1) is 15.9. The number of aromatic nitrogens is 4. The highest BCUT2D eigenvalue weighted by molar-refractivity contribution is 5.82. The van der Waals surface area contributed by atoms with Gasteiger partial charge in [-0.1, -0.05) is 18.2 Å². The van der Waals surface area contributed by atoms with Crippen molar-refractivity contribution in [1.82, 2.24) is 29.7 Å². The van der Waals surface area contributed by atoms with E-state index in [0.29, 0.717) is 18.9 Å². The number of rotatable bonds is 5. The Hall–Kier alpha value is -3.88. The summed E-state index contributed by atoms with van der Waals surface area (Å²) >= 11 is 0. The summed E-state index contributed by atoms with van der Waals surface area (Å²) in [5, 5.41) is 3.26. The number of hydrogen-bond acceptors (Lipinski definition) is 5. The van der Waals surface area contributed by atoms with Gasteiger partial charge in [0.2, 0.25) is 0 Å². The minimum absolute atomic E-state index is 0.181. The summed E-state index contributed by atoms with van der Waals surface area (Å²) in [6.07, 6.45) is 2.71. The molecule has 0 aliphatic carbocycles. The smallest absolute Gasteiger partial charge is 0.364 e. The zero-order chi connectivity index (χ0) is 23.0. The predicted octanol–water partition coefficient (Wildman–Crippen LogP) is 5.11. The van der Waals surface area contributed by atoms with Crippen LogP contribution in [0, 0.1) is 0 Å². The molecule has 1 N–H and O–H groups in total. The fraction of sp³-hybridized carbons (Fsp3) is 0.208. The van der Waals surface area contributed by atoms with E-state index in [0.717, 1.165) is 40.1 Å². The molecule has 33 heavy (non-hydrogen) atoms. The molecule has 3 heterocycles. The highest BCUT2D eigenvalue weighted by Gasteiger charge is 2.30. The molecule has 0 bridgehead atoms. The monoisotopic (exact) mass is 450 g/mol. The second-order valence-electron chi connectivity index (χ2n) is 7.72. The normalized spacial score (nSPS) is 15.9. The summed E-state index contributed by atoms with van der Waals surface area (Å²) in [7, 11) is 0. The quantitative estimate of drug-likeness (QED) is 0.458. The SMILES string of the molecule is CCn1c(CN2C=CNC2c2ncccn2)nc2ccc(-c3ccc(C(F)(F)F)cc3)cc21. The van der Waals surface area contributed by atoms with Crippen LogP contribution in [0.25, 0.3) is 22.2 Å². The maximum Gasteiger partial charge on any atom is 0.416 e. The van der Waals surface area contributed by atoms with E-state index in [1.165, 1.54) is 12.1 Å². The largest absolute Gasteiger partial charge is 0.416 e. The van der Waals surface area contributed by atoms with Gasteiger partial charge in [-0.25, -0.2) is 15.0 Å². The van der Waals surface area contributed by atoms with Crippen molar-refractivity contribution in [3.05, 3.63) is 90.5 Å². The van der Waals surface area contributed by atoms with Gasteiger partial charge in [0, 0.05) is 31.3 Å². The van der Waals surface area contributed by atoms with Gasteiger partial charge in [-0.15, -0.1) is 0 Å². The minimum Gasteiger partial charge on any atom is -0.364 e. The second kappa shape index (κ2) is 8.23. The Morgan fingerprint density at radius 3 is 2.42 bits per heavy atom. The third kappa shape index (κ3) is 4.02. The van der Waals surface area contributed by atoms with E-state index in [1.54, 1.807) is 18.5 Å². The third-order valence-electron chi connectivity index (χ3n) is 5.70. The van der Waals surface area contributed by atoms with Crippen molar-refractivity contribution in [2.75, 3.05) is 0 Å². The van der Waals surface area contributed by atoms with Crippen molar-refractivity contribution < 1.29 is 13.2 Å². The molecular weight excluding hydrogens is 429 g/mol. The molecule has 9 heteroatoms. The van der Waals surface area contributed by atoms with Crippen LogP contribution in [0.3, 0.4) is 0 Å². The van der Waals surface area contributed by atoms with E-state index in [4.69, 9.17) is 4.98 Å². The number of nitrogens with zero attached hydrogens (tertiary/aromatic N) is 5. The lowest BCUT2D eigenvalue weighted by Crippen LogP contribution is -2.29. The van der Waals surface area contributed by atoms with E-state index in [2.05, 4.69) is 24.8 Å². The van der Waals surface area contributed by atoms with Gasteiger partial charge < -0.3 is 14.8 Å². The Bertz CT molecular complexity index is 1300. The molecule has 168 valence electrons. The molecular formula is C24H21F3N6. The number of imidazole rings is 1. The number of halogens is 3. The fourth-order valence-electron chi connectivity index (χ4n) is 4.07. The summed E-state index contributed by atoms with van der Waals surface area (Å²) in [6.45, 7) is 3.30. The number of alkyl halides is 3. The van der Waals surface area contributed by atoms with Crippen LogP contribution in [-0.2, 0) is 19.3 Å². The van der Waals surface area contributed by atoms with Crippen LogP contribution in [0.1, 0.15) is 30.3 Å². The van der Waals surface area contributed by atoms with Crippen LogP contribution in [0.15, 0.2) is 73.3 Å². The van der Waals surface area contributed by atoms with E-state index in [-0.39, 0.29) is 6.17 Å². The molecule has 4 aromatic rings. The minimum atomic E-state index is -4.35. The first-order valence-electron chi connectivity index (χ1n) is 10.6. The van der Waals surface area contributed by atoms with Gasteiger partial charge in [-0.05, 0) is 48.4 Å². The molecule has 0 amide bonds. The molecule has 2 aromatic carbocycles. The highest BCUT2D eigenvalue weighted by atomic mass is 19.4. The number of nitrogens with one attached hydrogen (secondary N) is 1. The van der Waals surface area contributed by atoms with Crippen LogP contribution < -0.4 is 5.32 Å². The number of aryl methyl sites for hydroxylation is 1. The zero-order valence-corrected chi connectivity index (χ0v) is 17.8. The van der Waals surface area contributed by atoms with Gasteiger partial charge in [0.05, 0.1) is 23.1 Å². The van der Waals surface area contributed by atoms with Crippen LogP contribution in [-0.4, -0.2) is 24.4 Å². The van der Waals surface area contributed by atoms with Gasteiger partial charge in [-0.2, -0.15) is 13.2 Å². The van der Waals surface area contributed by atoms with Crippen molar-refractivity contribution >= 4 is 11.0 Å². The van der Waals surface area contributed by atoms with Gasteiger partial charge >= 0.3 is 6.18 Å². The predicted molar refractivity (Wildman–Crippen MR) is 118 cm³/mol. The van der Waals surface area contributed by atoms with Gasteiger partial charge in [0.1, 0.15) is 5.82 Å². The molecule has 1 aliphatic rings. The molecule has 0 saturated carbocycles. The molecule has 6 nitrogen and oxygen atoms in total. The maximum atomic E-state index is 12.9. The van der Waals surface area contributed by atoms with Crippen LogP contribution in [0.4, 0.5) is 13.2 Å². The molecule has 0 saturated heterocycles. The molecule has 0 fully saturated rings. The van der Waals surface area contributed by atoms with Crippen LogP contribution >= 0.6 is 0 Å². The molecule has 0 spiro atoms. The number of hydrogen-bond donors (Lipinski definition) is 1.